The van der Waals surface area contributed by atoms with E-state index in [1.165, 1.54) is 0 Å². The Morgan fingerprint density at radius 1 is 0.743 bits per heavy atom. The van der Waals surface area contributed by atoms with Gasteiger partial charge in [0.15, 0.2) is 5.34 Å². The first-order valence-corrected chi connectivity index (χ1v) is 14.7. The van der Waals surface area contributed by atoms with E-state index in [0.29, 0.717) is 0 Å². The molecule has 8 heteroatoms. The summed E-state index contributed by atoms with van der Waals surface area (Å²) in [5.41, 5.74) is 2.57. The van der Waals surface area contributed by atoms with E-state index in [1.807, 2.05) is 105 Å². The Balaban J connectivity index is 1.59. The fraction of sp³-hybridized carbons (Fsp3) is 0.333. The summed E-state index contributed by atoms with van der Waals surface area (Å²) < 4.78 is 52.4. The van der Waals surface area contributed by atoms with Crippen LogP contribution in [0.25, 0.3) is 0 Å². The second-order valence-electron chi connectivity index (χ2n) is 9.53. The monoisotopic (exact) mass is 514 g/mol. The summed E-state index contributed by atoms with van der Waals surface area (Å²) in [5.74, 6) is 0. The van der Waals surface area contributed by atoms with Crippen LogP contribution in [-0.4, -0.2) is 10.5 Å². The molecule has 35 heavy (non-hydrogen) atoms. The lowest BCUT2D eigenvalue weighted by atomic mass is 10.1. The summed E-state index contributed by atoms with van der Waals surface area (Å²) in [6, 6.07) is 28.4. The number of rotatable bonds is 10. The zero-order valence-corrected chi connectivity index (χ0v) is 22.1. The summed E-state index contributed by atoms with van der Waals surface area (Å²) in [4.78, 5) is 0. The van der Waals surface area contributed by atoms with Crippen molar-refractivity contribution >= 4 is 15.2 Å². The predicted octanol–water partition coefficient (Wildman–Crippen LogP) is 7.94. The van der Waals surface area contributed by atoms with Crippen LogP contribution in [0.5, 0.6) is 0 Å². The van der Waals surface area contributed by atoms with Gasteiger partial charge in [0.05, 0.1) is 25.0 Å². The molecule has 0 spiro atoms. The molecule has 1 aliphatic rings. The van der Waals surface area contributed by atoms with Gasteiger partial charge in [-0.25, -0.2) is 0 Å². The van der Waals surface area contributed by atoms with Gasteiger partial charge in [0.1, 0.15) is 0 Å². The molecule has 0 N–H and O–H groups in total. The van der Waals surface area contributed by atoms with E-state index in [4.69, 9.17) is 18.1 Å². The van der Waals surface area contributed by atoms with Gasteiger partial charge in [0.2, 0.25) is 0 Å². The Morgan fingerprint density at radius 3 is 1.57 bits per heavy atom. The summed E-state index contributed by atoms with van der Waals surface area (Å²) in [7, 11) is -7.62. The fourth-order valence-corrected chi connectivity index (χ4v) is 8.91. The molecule has 3 aromatic carbocycles. The highest BCUT2D eigenvalue weighted by Crippen LogP contribution is 2.79. The summed E-state index contributed by atoms with van der Waals surface area (Å²) in [6.07, 6.45) is 0.187. The lowest BCUT2D eigenvalue weighted by molar-refractivity contribution is 0.0884. The molecule has 186 valence electrons. The first-order valence-electron chi connectivity index (χ1n) is 11.6. The van der Waals surface area contributed by atoms with E-state index in [-0.39, 0.29) is 26.2 Å². The number of benzene rings is 3. The molecule has 1 fully saturated rings. The average Bonchev–Trinajstić information content (AvgIpc) is 3.06. The van der Waals surface area contributed by atoms with Crippen LogP contribution in [0.2, 0.25) is 0 Å². The second-order valence-corrected chi connectivity index (χ2v) is 14.6. The van der Waals surface area contributed by atoms with Crippen LogP contribution in [0, 0.1) is 0 Å². The van der Waals surface area contributed by atoms with Crippen molar-refractivity contribution in [2.45, 2.75) is 57.5 Å². The lowest BCUT2D eigenvalue weighted by Crippen LogP contribution is -2.28. The van der Waals surface area contributed by atoms with Gasteiger partial charge in [0.25, 0.3) is 0 Å². The van der Waals surface area contributed by atoms with Crippen molar-refractivity contribution in [1.82, 2.24) is 0 Å². The molecule has 0 amide bonds. The van der Waals surface area contributed by atoms with Gasteiger partial charge in [-0.15, -0.1) is 0 Å². The summed E-state index contributed by atoms with van der Waals surface area (Å²) in [6.45, 7) is 5.53. The van der Waals surface area contributed by atoms with Gasteiger partial charge in [-0.2, -0.15) is 0 Å². The minimum atomic E-state index is -3.94. The molecule has 0 aliphatic carbocycles. The molecule has 4 rings (SSSR count). The van der Waals surface area contributed by atoms with Gasteiger partial charge in [0, 0.05) is 6.42 Å². The van der Waals surface area contributed by atoms with Gasteiger partial charge in [-0.05, 0) is 37.5 Å². The Hall–Kier alpha value is -2.04. The van der Waals surface area contributed by atoms with Crippen molar-refractivity contribution < 1.29 is 27.2 Å². The minimum absolute atomic E-state index is 0.0709. The van der Waals surface area contributed by atoms with Crippen LogP contribution in [-0.2, 0) is 47.0 Å². The van der Waals surface area contributed by atoms with Crippen LogP contribution in [0.1, 0.15) is 43.9 Å². The predicted molar refractivity (Wildman–Crippen MR) is 137 cm³/mol. The maximum atomic E-state index is 14.4. The first-order chi connectivity index (χ1) is 16.6. The number of hydrogen-bond acceptors (Lipinski definition) is 6. The quantitative estimate of drug-likeness (QED) is 0.256. The Morgan fingerprint density at radius 2 is 1.14 bits per heavy atom. The Labute approximate surface area is 207 Å². The molecule has 0 radical (unpaired) electrons. The Bertz CT molecular complexity index is 1150. The summed E-state index contributed by atoms with van der Waals surface area (Å²) in [5, 5.41) is -2.34. The van der Waals surface area contributed by atoms with Gasteiger partial charge in [-0.1, -0.05) is 91.0 Å². The van der Waals surface area contributed by atoms with Crippen LogP contribution in [0.4, 0.5) is 0 Å². The molecule has 1 saturated heterocycles. The molecule has 6 nitrogen and oxygen atoms in total. The van der Waals surface area contributed by atoms with Crippen molar-refractivity contribution in [2.24, 2.45) is 0 Å². The van der Waals surface area contributed by atoms with Crippen LogP contribution in [0.3, 0.4) is 0 Å². The second kappa shape index (κ2) is 10.5. The molecular formula is C27H32O6P2. The van der Waals surface area contributed by atoms with Crippen LogP contribution >= 0.6 is 15.2 Å². The molecule has 2 unspecified atom stereocenters. The molecule has 0 bridgehead atoms. The van der Waals surface area contributed by atoms with Crippen molar-refractivity contribution in [3.8, 4) is 0 Å². The fourth-order valence-electron chi connectivity index (χ4n) is 4.17. The normalized spacial score (nSPS) is 23.9. The van der Waals surface area contributed by atoms with Crippen molar-refractivity contribution in [2.75, 3.05) is 0 Å². The topological polar surface area (TPSA) is 71.1 Å². The molecule has 2 atom stereocenters. The zero-order chi connectivity index (χ0) is 25.0. The molecule has 3 aromatic rings. The largest absolute Gasteiger partial charge is 0.363 e. The average molecular weight is 514 g/mol. The maximum Gasteiger partial charge on any atom is 0.363 e. The van der Waals surface area contributed by atoms with E-state index >= 15 is 0 Å². The van der Waals surface area contributed by atoms with E-state index in [1.54, 1.807) is 6.92 Å². The third-order valence-corrected chi connectivity index (χ3v) is 11.4. The van der Waals surface area contributed by atoms with Crippen molar-refractivity contribution in [1.29, 1.82) is 0 Å². The molecule has 1 heterocycles. The van der Waals surface area contributed by atoms with Crippen LogP contribution < -0.4 is 0 Å². The van der Waals surface area contributed by atoms with E-state index in [2.05, 4.69) is 0 Å². The van der Waals surface area contributed by atoms with Crippen LogP contribution in [0.15, 0.2) is 91.0 Å². The highest BCUT2D eigenvalue weighted by atomic mass is 31.2. The van der Waals surface area contributed by atoms with Gasteiger partial charge in [-0.3, -0.25) is 13.7 Å². The highest BCUT2D eigenvalue weighted by Gasteiger charge is 2.66. The summed E-state index contributed by atoms with van der Waals surface area (Å²) >= 11 is 0. The van der Waals surface area contributed by atoms with E-state index in [9.17, 15) is 9.13 Å². The van der Waals surface area contributed by atoms with Gasteiger partial charge >= 0.3 is 15.2 Å². The van der Waals surface area contributed by atoms with Gasteiger partial charge < -0.3 is 13.6 Å². The SMILES string of the molecule is CC1(C)CC(C)(P(=O)(OCc2ccccc2)OCc2ccccc2)OP1(=O)OCc1ccccc1. The molecule has 0 aromatic heterocycles. The molecular weight excluding hydrogens is 482 g/mol. The third kappa shape index (κ3) is 5.86. The smallest absolute Gasteiger partial charge is 0.303 e. The maximum absolute atomic E-state index is 14.4. The Kier molecular flexibility index (Phi) is 7.83. The lowest BCUT2D eigenvalue weighted by Gasteiger charge is -2.32. The molecule has 0 saturated carbocycles. The molecule has 1 aliphatic heterocycles. The minimum Gasteiger partial charge on any atom is -0.303 e. The first kappa shape index (κ1) is 26.0. The number of hydrogen-bond donors (Lipinski definition) is 0. The van der Waals surface area contributed by atoms with E-state index in [0.717, 1.165) is 16.7 Å². The van der Waals surface area contributed by atoms with Crippen molar-refractivity contribution in [3.05, 3.63) is 108 Å². The zero-order valence-electron chi connectivity index (χ0n) is 20.3. The van der Waals surface area contributed by atoms with E-state index < -0.39 is 25.7 Å². The van der Waals surface area contributed by atoms with Crippen molar-refractivity contribution in [3.63, 3.8) is 0 Å². The standard InChI is InChI=1S/C27H32O6P2/c1-26(2)22-27(3,33-34(26,28)30-19-23-13-7-4-8-14-23)35(29,31-20-24-15-9-5-10-16-24)32-21-25-17-11-6-12-18-25/h4-18H,19-22H2,1-3H3. The third-order valence-electron chi connectivity index (χ3n) is 6.13. The highest BCUT2D eigenvalue weighted by molar-refractivity contribution is 7.60.